The molecule has 0 fully saturated rings. The molecule has 11 nitrogen and oxygen atoms in total. The van der Waals surface area contributed by atoms with Crippen LogP contribution < -0.4 is 0 Å². The SMILES string of the molecule is CCCC/C(=N\OC(=O)C(C)C)c1cc(CCCCC(C)C)c2oc3c([N+](=O)[O-])cc(/C(CCCOC)=N/OC(=O)C(C)C)cc3c2c1. The summed E-state index contributed by atoms with van der Waals surface area (Å²) in [5.74, 6) is -1.09. The molecule has 1 aromatic heterocycles. The van der Waals surface area contributed by atoms with Gasteiger partial charge in [-0.05, 0) is 68.2 Å². The first-order valence-electron chi connectivity index (χ1n) is 17.1. The summed E-state index contributed by atoms with van der Waals surface area (Å²) in [5, 5.41) is 22.2. The van der Waals surface area contributed by atoms with Crippen LogP contribution in [0.1, 0.15) is 117 Å². The van der Waals surface area contributed by atoms with Gasteiger partial charge in [0, 0.05) is 41.7 Å². The van der Waals surface area contributed by atoms with Gasteiger partial charge in [-0.3, -0.25) is 10.1 Å². The van der Waals surface area contributed by atoms with E-state index in [-0.39, 0.29) is 17.2 Å². The Labute approximate surface area is 283 Å². The van der Waals surface area contributed by atoms with Crippen LogP contribution in [0.4, 0.5) is 5.69 Å². The number of hydrogen-bond acceptors (Lipinski definition) is 10. The number of nitro groups is 1. The van der Waals surface area contributed by atoms with E-state index in [0.29, 0.717) is 71.6 Å². The van der Waals surface area contributed by atoms with Crippen molar-refractivity contribution in [3.63, 3.8) is 0 Å². The first kappa shape index (κ1) is 38.3. The Bertz CT molecular complexity index is 1630. The van der Waals surface area contributed by atoms with Crippen molar-refractivity contribution < 1.29 is 33.3 Å². The van der Waals surface area contributed by atoms with Crippen molar-refractivity contribution in [1.82, 2.24) is 0 Å². The molecule has 0 N–H and O–H groups in total. The quantitative estimate of drug-likeness (QED) is 0.0405. The molecule has 0 radical (unpaired) electrons. The molecule has 3 rings (SSSR count). The zero-order valence-electron chi connectivity index (χ0n) is 29.7. The van der Waals surface area contributed by atoms with Crippen LogP contribution in [0.2, 0.25) is 0 Å². The summed E-state index contributed by atoms with van der Waals surface area (Å²) in [4.78, 5) is 47.2. The van der Waals surface area contributed by atoms with Gasteiger partial charge < -0.3 is 18.8 Å². The van der Waals surface area contributed by atoms with E-state index in [9.17, 15) is 19.7 Å². The number of benzene rings is 2. The second-order valence-electron chi connectivity index (χ2n) is 13.3. The molecule has 0 bridgehead atoms. The largest absolute Gasteiger partial charge is 0.449 e. The molecule has 0 saturated carbocycles. The third-order valence-electron chi connectivity index (χ3n) is 8.03. The van der Waals surface area contributed by atoms with Crippen LogP contribution in [-0.4, -0.2) is 42.0 Å². The molecule has 0 atom stereocenters. The number of non-ortho nitro benzene ring substituents is 1. The first-order chi connectivity index (χ1) is 22.9. The number of rotatable bonds is 19. The summed E-state index contributed by atoms with van der Waals surface area (Å²) in [6, 6.07) is 7.14. The van der Waals surface area contributed by atoms with E-state index in [0.717, 1.165) is 43.2 Å². The Morgan fingerprint density at radius 1 is 0.812 bits per heavy atom. The minimum absolute atomic E-state index is 0.146. The van der Waals surface area contributed by atoms with E-state index in [1.54, 1.807) is 40.9 Å². The highest BCUT2D eigenvalue weighted by Crippen LogP contribution is 2.39. The first-order valence-corrected chi connectivity index (χ1v) is 17.1. The summed E-state index contributed by atoms with van der Waals surface area (Å²) >= 11 is 0. The zero-order valence-corrected chi connectivity index (χ0v) is 29.7. The molecular weight excluding hydrogens is 614 g/mol. The molecule has 0 aliphatic heterocycles. The van der Waals surface area contributed by atoms with Gasteiger partial charge in [0.25, 0.3) is 0 Å². The Balaban J connectivity index is 2.31. The lowest BCUT2D eigenvalue weighted by Crippen LogP contribution is -2.11. The zero-order chi connectivity index (χ0) is 35.4. The van der Waals surface area contributed by atoms with Gasteiger partial charge in [-0.1, -0.05) is 78.0 Å². The minimum Gasteiger partial charge on any atom is -0.449 e. The van der Waals surface area contributed by atoms with Crippen LogP contribution >= 0.6 is 0 Å². The number of nitrogens with zero attached hydrogens (tertiary/aromatic N) is 3. The minimum atomic E-state index is -0.507. The smallest absolute Gasteiger partial charge is 0.337 e. The fourth-order valence-corrected chi connectivity index (χ4v) is 5.18. The summed E-state index contributed by atoms with van der Waals surface area (Å²) in [6.45, 7) is 13.8. The van der Waals surface area contributed by atoms with Gasteiger partial charge in [0.05, 0.1) is 28.2 Å². The standard InChI is InChI=1S/C37H51N3O8/c1-9-10-16-31(38-47-36(41)24(4)5)27-19-26(15-12-11-14-23(2)3)34-29(20-27)30-21-28(22-33(40(43)44)35(30)46-34)32(17-13-18-45-8)39-48-37(42)25(6)7/h19-25H,9-18H2,1-8H3/b38-31+,39-32+. The Morgan fingerprint density at radius 2 is 1.38 bits per heavy atom. The van der Waals surface area contributed by atoms with E-state index in [2.05, 4.69) is 31.1 Å². The highest BCUT2D eigenvalue weighted by molar-refractivity contribution is 6.15. The molecule has 0 amide bonds. The summed E-state index contributed by atoms with van der Waals surface area (Å²) < 4.78 is 11.6. The fourth-order valence-electron chi connectivity index (χ4n) is 5.18. The van der Waals surface area contributed by atoms with Crippen LogP contribution in [-0.2, 0) is 30.4 Å². The van der Waals surface area contributed by atoms with Crippen LogP contribution in [0, 0.1) is 27.9 Å². The fraction of sp³-hybridized carbons (Fsp3) is 0.568. The maximum atomic E-state index is 12.5. The van der Waals surface area contributed by atoms with Gasteiger partial charge in [-0.15, -0.1) is 0 Å². The Kier molecular flexibility index (Phi) is 14.7. The van der Waals surface area contributed by atoms with E-state index in [1.807, 2.05) is 12.1 Å². The number of hydrogen-bond donors (Lipinski definition) is 0. The van der Waals surface area contributed by atoms with Crippen LogP contribution in [0.25, 0.3) is 21.9 Å². The maximum Gasteiger partial charge on any atom is 0.337 e. The van der Waals surface area contributed by atoms with E-state index in [1.165, 1.54) is 6.07 Å². The van der Waals surface area contributed by atoms with Crippen molar-refractivity contribution in [1.29, 1.82) is 0 Å². The lowest BCUT2D eigenvalue weighted by Gasteiger charge is -2.11. The third kappa shape index (κ3) is 10.4. The summed E-state index contributed by atoms with van der Waals surface area (Å²) in [5.41, 5.74) is 3.62. The number of nitro benzene ring substituents is 1. The molecule has 2 aromatic carbocycles. The molecule has 1 heterocycles. The molecule has 0 unspecified atom stereocenters. The van der Waals surface area contributed by atoms with Crippen molar-refractivity contribution in [3.05, 3.63) is 51.1 Å². The van der Waals surface area contributed by atoms with Crippen molar-refractivity contribution in [2.75, 3.05) is 13.7 Å². The average molecular weight is 666 g/mol. The number of methoxy groups -OCH3 is 1. The number of ether oxygens (including phenoxy) is 1. The third-order valence-corrected chi connectivity index (χ3v) is 8.03. The number of aryl methyl sites for hydroxylation is 1. The normalized spacial score (nSPS) is 12.6. The molecule has 0 saturated heterocycles. The second kappa shape index (κ2) is 18.4. The van der Waals surface area contributed by atoms with Gasteiger partial charge in [0.15, 0.2) is 0 Å². The van der Waals surface area contributed by atoms with Gasteiger partial charge >= 0.3 is 17.6 Å². The van der Waals surface area contributed by atoms with Crippen molar-refractivity contribution in [3.8, 4) is 0 Å². The van der Waals surface area contributed by atoms with Gasteiger partial charge in [-0.2, -0.15) is 0 Å². The van der Waals surface area contributed by atoms with Crippen LogP contribution in [0.3, 0.4) is 0 Å². The number of carbonyl (C=O) groups is 2. The maximum absolute atomic E-state index is 12.5. The number of unbranched alkanes of at least 4 members (excludes halogenated alkanes) is 2. The molecule has 262 valence electrons. The molecule has 3 aromatic rings. The molecule has 11 heteroatoms. The van der Waals surface area contributed by atoms with Gasteiger partial charge in [0.2, 0.25) is 5.58 Å². The number of carbonyl (C=O) groups excluding carboxylic acids is 2. The molecule has 0 spiro atoms. The molecule has 48 heavy (non-hydrogen) atoms. The van der Waals surface area contributed by atoms with Gasteiger partial charge in [-0.25, -0.2) is 9.59 Å². The second-order valence-corrected chi connectivity index (χ2v) is 13.3. The monoisotopic (exact) mass is 665 g/mol. The number of furan rings is 1. The predicted octanol–water partition coefficient (Wildman–Crippen LogP) is 9.29. The van der Waals surface area contributed by atoms with Crippen molar-refractivity contribution >= 4 is 51.0 Å². The number of oxime groups is 2. The lowest BCUT2D eigenvalue weighted by atomic mass is 9.95. The van der Waals surface area contributed by atoms with Crippen LogP contribution in [0.5, 0.6) is 0 Å². The topological polar surface area (TPSA) is 143 Å². The van der Waals surface area contributed by atoms with E-state index in [4.69, 9.17) is 18.8 Å². The van der Waals surface area contributed by atoms with E-state index >= 15 is 0 Å². The number of fused-ring (bicyclic) bond motifs is 3. The predicted molar refractivity (Wildman–Crippen MR) is 188 cm³/mol. The molecule has 0 aliphatic carbocycles. The van der Waals surface area contributed by atoms with E-state index < -0.39 is 22.8 Å². The average Bonchev–Trinajstić information content (AvgIpc) is 3.42. The lowest BCUT2D eigenvalue weighted by molar-refractivity contribution is -0.383. The highest BCUT2D eigenvalue weighted by atomic mass is 16.7. The Morgan fingerprint density at radius 3 is 1.90 bits per heavy atom. The molecular formula is C37H51N3O8. The van der Waals surface area contributed by atoms with Crippen LogP contribution in [0.15, 0.2) is 39.0 Å². The van der Waals surface area contributed by atoms with Crippen molar-refractivity contribution in [2.24, 2.45) is 28.1 Å². The van der Waals surface area contributed by atoms with Gasteiger partial charge in [0.1, 0.15) is 5.58 Å². The van der Waals surface area contributed by atoms with Crippen molar-refractivity contribution in [2.45, 2.75) is 106 Å². The highest BCUT2D eigenvalue weighted by Gasteiger charge is 2.25. The summed E-state index contributed by atoms with van der Waals surface area (Å²) in [7, 11) is 1.59. The Hall–Kier alpha value is -4.12. The molecule has 0 aliphatic rings. The summed E-state index contributed by atoms with van der Waals surface area (Å²) in [6.07, 6.45) is 6.95.